The molecule has 33 valence electrons. The summed E-state index contributed by atoms with van der Waals surface area (Å²) in [5, 5.41) is 2.69. The van der Waals surface area contributed by atoms with Crippen LogP contribution in [0.25, 0.3) is 0 Å². The second kappa shape index (κ2) is 2.18. The molecule has 1 rings (SSSR count). The Labute approximate surface area is 37.2 Å². The Hall–Kier alpha value is -0.0551. The minimum absolute atomic E-state index is 0.771. The van der Waals surface area contributed by atoms with Crippen LogP contribution in [0.2, 0.25) is 6.32 Å². The fraction of sp³-hybridized carbons (Fsp3) is 1.00. The largest absolute Gasteiger partial charge is 0.289 e. The van der Waals surface area contributed by atoms with E-state index in [9.17, 15) is 0 Å². The van der Waals surface area contributed by atoms with Crippen molar-refractivity contribution in [1.29, 1.82) is 0 Å². The molecule has 0 aliphatic carbocycles. The van der Waals surface area contributed by atoms with Gasteiger partial charge in [0.1, 0.15) is 0 Å². The van der Waals surface area contributed by atoms with E-state index in [2.05, 4.69) is 15.8 Å². The van der Waals surface area contributed by atoms with Crippen molar-refractivity contribution in [3.63, 3.8) is 0 Å². The Morgan fingerprint density at radius 2 is 2.67 bits per heavy atom. The Morgan fingerprint density at radius 3 is 2.83 bits per heavy atom. The molecule has 1 fully saturated rings. The summed E-state index contributed by atoms with van der Waals surface area (Å²) in [5.41, 5.74) is 2.48. The van der Waals surface area contributed by atoms with Crippen LogP contribution in [0.5, 0.6) is 0 Å². The van der Waals surface area contributed by atoms with Crippen LogP contribution in [0.15, 0.2) is 0 Å². The molecule has 2 N–H and O–H groups in total. The van der Waals surface area contributed by atoms with Crippen LogP contribution in [-0.2, 0) is 4.84 Å². The molecule has 6 heavy (non-hydrogen) atoms. The summed E-state index contributed by atoms with van der Waals surface area (Å²) < 4.78 is 0. The molecule has 0 aromatic heterocycles. The molecule has 1 aliphatic rings. The fourth-order valence-corrected chi connectivity index (χ4v) is 0.324. The van der Waals surface area contributed by atoms with Crippen LogP contribution in [0, 0.1) is 0 Å². The predicted molar refractivity (Wildman–Crippen MR) is 22.8 cm³/mol. The van der Waals surface area contributed by atoms with Crippen LogP contribution in [0.1, 0.15) is 0 Å². The molecule has 0 atom stereocenters. The number of nitrogens with one attached hydrogen (secondary N) is 2. The van der Waals surface area contributed by atoms with Gasteiger partial charge in [0.05, 0.1) is 6.61 Å². The maximum absolute atomic E-state index is 4.68. The summed E-state index contributed by atoms with van der Waals surface area (Å²) >= 11 is 0. The van der Waals surface area contributed by atoms with E-state index < -0.39 is 0 Å². The highest BCUT2D eigenvalue weighted by Crippen LogP contribution is 1.78. The van der Waals surface area contributed by atoms with Gasteiger partial charge in [-0.15, -0.1) is 5.59 Å². The summed E-state index contributed by atoms with van der Waals surface area (Å²) in [6.07, 6.45) is 0.979. The number of hydrogen-bond donors (Lipinski definition) is 2. The zero-order chi connectivity index (χ0) is 4.24. The van der Waals surface area contributed by atoms with Crippen molar-refractivity contribution in [2.24, 2.45) is 0 Å². The van der Waals surface area contributed by atoms with Gasteiger partial charge in [-0.05, 0) is 6.32 Å². The highest BCUT2D eigenvalue weighted by molar-refractivity contribution is 6.31. The van der Waals surface area contributed by atoms with E-state index in [4.69, 9.17) is 0 Å². The van der Waals surface area contributed by atoms with Gasteiger partial charge in [-0.25, -0.2) is 0 Å². The Bertz CT molecular complexity index is 27.0. The molecule has 3 nitrogen and oxygen atoms in total. The van der Waals surface area contributed by atoms with Gasteiger partial charge in [0, 0.05) is 0 Å². The van der Waals surface area contributed by atoms with E-state index in [1.165, 1.54) is 0 Å². The third-order valence-corrected chi connectivity index (χ3v) is 0.597. The average Bonchev–Trinajstić information content (AvgIpc) is 1.72. The zero-order valence-electron chi connectivity index (χ0n) is 3.40. The molecule has 0 unspecified atom stereocenters. The van der Waals surface area contributed by atoms with Gasteiger partial charge >= 0.3 is 0 Å². The van der Waals surface area contributed by atoms with Crippen LogP contribution in [0.4, 0.5) is 0 Å². The van der Waals surface area contributed by atoms with Crippen molar-refractivity contribution >= 4 is 7.41 Å². The summed E-state index contributed by atoms with van der Waals surface area (Å²) in [6.45, 7) is 0.771. The fourth-order valence-electron chi connectivity index (χ4n) is 0.324. The standard InChI is InChI=1S/C2H6BN2O/c1-2-6-5-4-3-1/h4-5H,1-2H2. The van der Waals surface area contributed by atoms with E-state index in [0.717, 1.165) is 12.9 Å². The minimum Gasteiger partial charge on any atom is -0.289 e. The maximum atomic E-state index is 4.68. The first kappa shape index (κ1) is 4.11. The lowest BCUT2D eigenvalue weighted by Gasteiger charge is -2.10. The van der Waals surface area contributed by atoms with Gasteiger partial charge in [-0.3, -0.25) is 10.2 Å². The van der Waals surface area contributed by atoms with Gasteiger partial charge in [0.25, 0.3) is 0 Å². The van der Waals surface area contributed by atoms with Crippen molar-refractivity contribution < 1.29 is 4.84 Å². The first-order valence-electron chi connectivity index (χ1n) is 1.94. The van der Waals surface area contributed by atoms with E-state index in [1.807, 2.05) is 7.41 Å². The lowest BCUT2D eigenvalue weighted by Crippen LogP contribution is -2.40. The number of rotatable bonds is 0. The van der Waals surface area contributed by atoms with Gasteiger partial charge in [-0.1, -0.05) is 0 Å². The van der Waals surface area contributed by atoms with Gasteiger partial charge in [0.15, 0.2) is 0 Å². The van der Waals surface area contributed by atoms with Crippen LogP contribution in [-0.4, -0.2) is 14.0 Å². The Morgan fingerprint density at radius 1 is 1.67 bits per heavy atom. The number of hydrazine groups is 1. The van der Waals surface area contributed by atoms with Crippen molar-refractivity contribution in [2.75, 3.05) is 6.61 Å². The monoisotopic (exact) mass is 85.1 g/mol. The molecule has 0 spiro atoms. The zero-order valence-corrected chi connectivity index (χ0v) is 3.40. The predicted octanol–water partition coefficient (Wildman–Crippen LogP) is -0.937. The van der Waals surface area contributed by atoms with E-state index >= 15 is 0 Å². The van der Waals surface area contributed by atoms with Gasteiger partial charge in [-0.2, -0.15) is 0 Å². The highest BCUT2D eigenvalue weighted by atomic mass is 16.7. The van der Waals surface area contributed by atoms with E-state index in [1.54, 1.807) is 0 Å². The van der Waals surface area contributed by atoms with Crippen molar-refractivity contribution in [3.05, 3.63) is 0 Å². The molecule has 0 bridgehead atoms. The molecular formula is C2H6BN2O. The number of hydrogen-bond acceptors (Lipinski definition) is 3. The molecule has 1 radical (unpaired) electrons. The van der Waals surface area contributed by atoms with E-state index in [-0.39, 0.29) is 0 Å². The van der Waals surface area contributed by atoms with Crippen molar-refractivity contribution in [2.45, 2.75) is 6.32 Å². The van der Waals surface area contributed by atoms with Crippen LogP contribution in [0.3, 0.4) is 0 Å². The van der Waals surface area contributed by atoms with Crippen molar-refractivity contribution in [1.82, 2.24) is 10.9 Å². The summed E-state index contributed by atoms with van der Waals surface area (Å²) in [7, 11) is 1.91. The third-order valence-electron chi connectivity index (χ3n) is 0.597. The first-order chi connectivity index (χ1) is 3.00. The Kier molecular flexibility index (Phi) is 1.49. The third kappa shape index (κ3) is 0.968. The lowest BCUT2D eigenvalue weighted by atomic mass is 9.91. The molecular weight excluding hydrogens is 78.8 g/mol. The van der Waals surface area contributed by atoms with Gasteiger partial charge < -0.3 is 0 Å². The van der Waals surface area contributed by atoms with Crippen molar-refractivity contribution in [3.8, 4) is 0 Å². The molecule has 0 aromatic rings. The second-order valence-corrected chi connectivity index (χ2v) is 1.09. The summed E-state index contributed by atoms with van der Waals surface area (Å²) in [4.78, 5) is 4.68. The quantitative estimate of drug-likeness (QED) is 0.372. The topological polar surface area (TPSA) is 33.3 Å². The molecule has 0 aromatic carbocycles. The lowest BCUT2D eigenvalue weighted by molar-refractivity contribution is 0.0258. The summed E-state index contributed by atoms with van der Waals surface area (Å²) in [5.74, 6) is 0. The molecule has 1 heterocycles. The SMILES string of the molecule is [B]1CCONN1. The summed E-state index contributed by atoms with van der Waals surface area (Å²) in [6, 6.07) is 0. The minimum atomic E-state index is 0.771. The van der Waals surface area contributed by atoms with Crippen LogP contribution < -0.4 is 10.9 Å². The molecule has 1 aliphatic heterocycles. The molecule has 4 heteroatoms. The Balaban J connectivity index is 2.00. The molecule has 0 saturated carbocycles. The first-order valence-corrected chi connectivity index (χ1v) is 1.94. The molecule has 1 saturated heterocycles. The molecule has 0 amide bonds. The maximum Gasteiger partial charge on any atom is 0.230 e. The smallest absolute Gasteiger partial charge is 0.230 e. The van der Waals surface area contributed by atoms with Gasteiger partial charge in [0.2, 0.25) is 7.41 Å². The van der Waals surface area contributed by atoms with E-state index in [0.29, 0.717) is 0 Å². The second-order valence-electron chi connectivity index (χ2n) is 1.09. The van der Waals surface area contributed by atoms with Crippen LogP contribution >= 0.6 is 0 Å². The normalized spacial score (nSPS) is 22.7. The highest BCUT2D eigenvalue weighted by Gasteiger charge is 1.95. The average molecular weight is 84.9 g/mol.